The highest BCUT2D eigenvalue weighted by molar-refractivity contribution is 6.32. The van der Waals surface area contributed by atoms with Crippen LogP contribution in [0.25, 0.3) is 0 Å². The maximum atomic E-state index is 12.6. The zero-order valence-electron chi connectivity index (χ0n) is 15.3. The van der Waals surface area contributed by atoms with E-state index in [1.807, 2.05) is 6.07 Å². The molecule has 1 fully saturated rings. The van der Waals surface area contributed by atoms with Gasteiger partial charge in [-0.3, -0.25) is 4.99 Å². The number of nitrogens with one attached hydrogen (secondary N) is 2. The van der Waals surface area contributed by atoms with Gasteiger partial charge < -0.3 is 15.5 Å². The Hall–Kier alpha value is -2.48. The molecule has 3 rings (SSSR count). The SMILES string of the molecule is CN=C(NCc1ccc(C(F)(F)F)cc1)NC1CCN(c2ncccc2Cl)C1. The van der Waals surface area contributed by atoms with Crippen LogP contribution in [0.5, 0.6) is 0 Å². The molecule has 1 aliphatic heterocycles. The van der Waals surface area contributed by atoms with Gasteiger partial charge in [-0.1, -0.05) is 23.7 Å². The van der Waals surface area contributed by atoms with Gasteiger partial charge in [-0.25, -0.2) is 4.98 Å². The predicted molar refractivity (Wildman–Crippen MR) is 105 cm³/mol. The van der Waals surface area contributed by atoms with Crippen LogP contribution >= 0.6 is 11.6 Å². The third-order valence-corrected chi connectivity index (χ3v) is 4.83. The smallest absolute Gasteiger partial charge is 0.353 e. The molecule has 0 bridgehead atoms. The number of pyridine rings is 1. The average Bonchev–Trinajstić information content (AvgIpc) is 3.13. The van der Waals surface area contributed by atoms with Gasteiger partial charge in [-0.05, 0) is 36.2 Å². The highest BCUT2D eigenvalue weighted by atomic mass is 35.5. The summed E-state index contributed by atoms with van der Waals surface area (Å²) in [6.45, 7) is 1.93. The minimum atomic E-state index is -4.32. The summed E-state index contributed by atoms with van der Waals surface area (Å²) in [5.74, 6) is 1.36. The second-order valence-electron chi connectivity index (χ2n) is 6.51. The summed E-state index contributed by atoms with van der Waals surface area (Å²) in [5, 5.41) is 7.09. The topological polar surface area (TPSA) is 52.6 Å². The van der Waals surface area contributed by atoms with Gasteiger partial charge in [0.2, 0.25) is 0 Å². The van der Waals surface area contributed by atoms with Gasteiger partial charge in [0.15, 0.2) is 5.96 Å². The minimum absolute atomic E-state index is 0.164. The van der Waals surface area contributed by atoms with E-state index in [9.17, 15) is 13.2 Å². The lowest BCUT2D eigenvalue weighted by atomic mass is 10.1. The molecule has 1 aromatic heterocycles. The van der Waals surface area contributed by atoms with E-state index >= 15 is 0 Å². The summed E-state index contributed by atoms with van der Waals surface area (Å²) >= 11 is 6.21. The van der Waals surface area contributed by atoms with Crippen molar-refractivity contribution < 1.29 is 13.2 Å². The molecule has 0 amide bonds. The monoisotopic (exact) mass is 411 g/mol. The van der Waals surface area contributed by atoms with Crippen LogP contribution < -0.4 is 15.5 Å². The van der Waals surface area contributed by atoms with Crippen LogP contribution in [-0.2, 0) is 12.7 Å². The van der Waals surface area contributed by atoms with E-state index in [0.717, 1.165) is 43.0 Å². The molecule has 2 aromatic rings. The van der Waals surface area contributed by atoms with Gasteiger partial charge in [0.1, 0.15) is 5.82 Å². The van der Waals surface area contributed by atoms with Gasteiger partial charge in [0.25, 0.3) is 0 Å². The van der Waals surface area contributed by atoms with Crippen LogP contribution in [0.3, 0.4) is 0 Å². The van der Waals surface area contributed by atoms with Gasteiger partial charge in [0, 0.05) is 38.9 Å². The number of halogens is 4. The van der Waals surface area contributed by atoms with Crippen molar-refractivity contribution in [1.29, 1.82) is 0 Å². The molecule has 2 N–H and O–H groups in total. The van der Waals surface area contributed by atoms with E-state index < -0.39 is 11.7 Å². The number of guanidine groups is 1. The van der Waals surface area contributed by atoms with E-state index in [0.29, 0.717) is 17.5 Å². The number of aliphatic imine (C=N–C) groups is 1. The fourth-order valence-electron chi connectivity index (χ4n) is 3.07. The molecule has 1 aromatic carbocycles. The number of aromatic nitrogens is 1. The molecular weight excluding hydrogens is 391 g/mol. The first-order chi connectivity index (χ1) is 13.4. The maximum Gasteiger partial charge on any atom is 0.416 e. The zero-order chi connectivity index (χ0) is 20.1. The maximum absolute atomic E-state index is 12.6. The number of rotatable bonds is 4. The molecule has 5 nitrogen and oxygen atoms in total. The summed E-state index contributed by atoms with van der Waals surface area (Å²) < 4.78 is 37.9. The Morgan fingerprint density at radius 1 is 1.29 bits per heavy atom. The Bertz CT molecular complexity index is 823. The van der Waals surface area contributed by atoms with E-state index in [-0.39, 0.29) is 6.04 Å². The summed E-state index contributed by atoms with van der Waals surface area (Å²) in [6.07, 6.45) is -1.71. The van der Waals surface area contributed by atoms with Crippen LogP contribution in [-0.4, -0.2) is 37.1 Å². The first-order valence-electron chi connectivity index (χ1n) is 8.85. The van der Waals surface area contributed by atoms with Crippen LogP contribution in [0.15, 0.2) is 47.6 Å². The van der Waals surface area contributed by atoms with Crippen LogP contribution in [0.1, 0.15) is 17.5 Å². The third kappa shape index (κ3) is 5.07. The van der Waals surface area contributed by atoms with Crippen LogP contribution in [0, 0.1) is 0 Å². The van der Waals surface area contributed by atoms with Crippen molar-refractivity contribution in [3.63, 3.8) is 0 Å². The normalized spacial score (nSPS) is 17.7. The fraction of sp³-hybridized carbons (Fsp3) is 0.368. The van der Waals surface area contributed by atoms with Crippen molar-refractivity contribution in [1.82, 2.24) is 15.6 Å². The first kappa shape index (κ1) is 20.3. The highest BCUT2D eigenvalue weighted by Gasteiger charge is 2.30. The Morgan fingerprint density at radius 3 is 2.68 bits per heavy atom. The Labute approximate surface area is 166 Å². The first-order valence-corrected chi connectivity index (χ1v) is 9.23. The van der Waals surface area contributed by atoms with Crippen molar-refractivity contribution in [2.45, 2.75) is 25.2 Å². The zero-order valence-corrected chi connectivity index (χ0v) is 16.1. The van der Waals surface area contributed by atoms with Gasteiger partial charge in [-0.15, -0.1) is 0 Å². The van der Waals surface area contributed by atoms with E-state index in [1.54, 1.807) is 19.3 Å². The van der Waals surface area contributed by atoms with Crippen LogP contribution in [0.4, 0.5) is 19.0 Å². The van der Waals surface area contributed by atoms with Crippen molar-refractivity contribution >= 4 is 23.4 Å². The van der Waals surface area contributed by atoms with Gasteiger partial charge in [0.05, 0.1) is 10.6 Å². The summed E-state index contributed by atoms with van der Waals surface area (Å²) in [4.78, 5) is 10.6. The molecule has 0 saturated carbocycles. The predicted octanol–water partition coefficient (Wildman–Crippen LogP) is 3.70. The number of alkyl halides is 3. The number of nitrogens with zero attached hydrogens (tertiary/aromatic N) is 3. The fourth-order valence-corrected chi connectivity index (χ4v) is 3.31. The average molecular weight is 412 g/mol. The molecule has 150 valence electrons. The molecule has 9 heteroatoms. The Morgan fingerprint density at radius 2 is 2.04 bits per heavy atom. The van der Waals surface area contributed by atoms with Crippen molar-refractivity contribution in [3.8, 4) is 0 Å². The number of hydrogen-bond donors (Lipinski definition) is 2. The lowest BCUT2D eigenvalue weighted by molar-refractivity contribution is -0.137. The molecule has 2 heterocycles. The molecule has 1 atom stereocenters. The summed E-state index contributed by atoms with van der Waals surface area (Å²) in [5.41, 5.74) is 0.0854. The van der Waals surface area contributed by atoms with Gasteiger partial charge >= 0.3 is 6.18 Å². The number of benzene rings is 1. The standard InChI is InChI=1S/C19H21ClF3N5/c1-24-18(26-11-13-4-6-14(7-5-13)19(21,22)23)27-15-8-10-28(12-15)17-16(20)3-2-9-25-17/h2-7,9,15H,8,10-12H2,1H3,(H2,24,26,27). The second-order valence-corrected chi connectivity index (χ2v) is 6.91. The summed E-state index contributed by atoms with van der Waals surface area (Å²) in [7, 11) is 1.66. The molecule has 0 spiro atoms. The molecule has 1 saturated heterocycles. The van der Waals surface area contributed by atoms with Crippen molar-refractivity contribution in [2.24, 2.45) is 4.99 Å². The van der Waals surface area contributed by atoms with E-state index in [4.69, 9.17) is 11.6 Å². The Kier molecular flexibility index (Phi) is 6.28. The Balaban J connectivity index is 1.52. The lowest BCUT2D eigenvalue weighted by Gasteiger charge is -2.20. The van der Waals surface area contributed by atoms with Crippen molar-refractivity contribution in [2.75, 3.05) is 25.0 Å². The lowest BCUT2D eigenvalue weighted by Crippen LogP contribution is -2.44. The van der Waals surface area contributed by atoms with E-state index in [2.05, 4.69) is 25.5 Å². The molecule has 0 radical (unpaired) electrons. The van der Waals surface area contributed by atoms with Crippen LogP contribution in [0.2, 0.25) is 5.02 Å². The number of anilines is 1. The van der Waals surface area contributed by atoms with E-state index in [1.165, 1.54) is 12.1 Å². The molecule has 0 aliphatic carbocycles. The van der Waals surface area contributed by atoms with Crippen molar-refractivity contribution in [3.05, 3.63) is 58.7 Å². The molecular formula is C19H21ClF3N5. The largest absolute Gasteiger partial charge is 0.416 e. The summed E-state index contributed by atoms with van der Waals surface area (Å²) in [6, 6.07) is 8.86. The number of hydrogen-bond acceptors (Lipinski definition) is 3. The van der Waals surface area contributed by atoms with Gasteiger partial charge in [-0.2, -0.15) is 13.2 Å². The third-order valence-electron chi connectivity index (χ3n) is 4.53. The molecule has 1 aliphatic rings. The quantitative estimate of drug-likeness (QED) is 0.595. The highest BCUT2D eigenvalue weighted by Crippen LogP contribution is 2.29. The molecule has 1 unspecified atom stereocenters. The molecule has 28 heavy (non-hydrogen) atoms. The second kappa shape index (κ2) is 8.68. The minimum Gasteiger partial charge on any atom is -0.353 e.